The molecule has 2 aromatic carbocycles. The van der Waals surface area contributed by atoms with Crippen LogP contribution < -0.4 is 0 Å². The van der Waals surface area contributed by atoms with Crippen LogP contribution in [0.1, 0.15) is 54.3 Å². The minimum atomic E-state index is -1.47. The van der Waals surface area contributed by atoms with Gasteiger partial charge in [0.15, 0.2) is 17.5 Å². The first kappa shape index (κ1) is 28.6. The van der Waals surface area contributed by atoms with Gasteiger partial charge in [0.05, 0.1) is 15.6 Å². The number of Topliss-reactive ketones (excluding diaryl/α,β-unsaturated/α-hetero) is 2. The summed E-state index contributed by atoms with van der Waals surface area (Å²) in [5, 5.41) is 0.661. The number of esters is 1. The van der Waals surface area contributed by atoms with E-state index in [1.54, 1.807) is 26.8 Å². The van der Waals surface area contributed by atoms with Crippen molar-refractivity contribution in [1.82, 2.24) is 0 Å². The van der Waals surface area contributed by atoms with Crippen molar-refractivity contribution in [3.63, 3.8) is 0 Å². The fraction of sp³-hybridized carbons (Fsp3) is 0.333. The number of hydrogen-bond acceptors (Lipinski definition) is 5. The van der Waals surface area contributed by atoms with Gasteiger partial charge in [0, 0.05) is 21.5 Å². The monoisotopic (exact) mass is 564 g/mol. The number of halogens is 5. The molecule has 1 fully saturated rings. The zero-order chi connectivity index (χ0) is 25.8. The quantitative estimate of drug-likeness (QED) is 0.157. The van der Waals surface area contributed by atoms with Crippen LogP contribution in [0, 0.1) is 11.8 Å². The van der Waals surface area contributed by atoms with Gasteiger partial charge < -0.3 is 4.74 Å². The van der Waals surface area contributed by atoms with Crippen LogP contribution in [0.25, 0.3) is 0 Å². The minimum absolute atomic E-state index is 0.0981. The van der Waals surface area contributed by atoms with E-state index >= 15 is 0 Å². The van der Waals surface area contributed by atoms with E-state index in [9.17, 15) is 19.2 Å². The van der Waals surface area contributed by atoms with E-state index in [0.717, 1.165) is 0 Å². The van der Waals surface area contributed by atoms with Crippen molar-refractivity contribution < 1.29 is 23.9 Å². The van der Waals surface area contributed by atoms with Gasteiger partial charge in [-0.1, -0.05) is 46.4 Å². The Labute approximate surface area is 222 Å². The molecule has 1 aliphatic carbocycles. The summed E-state index contributed by atoms with van der Waals surface area (Å²) in [6, 6.07) is 8.84. The third-order valence-corrected chi connectivity index (χ3v) is 5.81. The molecule has 1 atom stereocenters. The molecule has 0 saturated heterocycles. The van der Waals surface area contributed by atoms with Gasteiger partial charge in [0.25, 0.3) is 5.24 Å². The van der Waals surface area contributed by atoms with Crippen molar-refractivity contribution in [2.24, 2.45) is 11.8 Å². The van der Waals surface area contributed by atoms with Crippen molar-refractivity contribution in [3.8, 4) is 0 Å². The summed E-state index contributed by atoms with van der Waals surface area (Å²) in [5.74, 6) is -3.58. The highest BCUT2D eigenvalue weighted by Crippen LogP contribution is 2.35. The van der Waals surface area contributed by atoms with Gasteiger partial charge in [-0.2, -0.15) is 0 Å². The molecule has 34 heavy (non-hydrogen) atoms. The van der Waals surface area contributed by atoms with E-state index in [1.165, 1.54) is 30.3 Å². The lowest BCUT2D eigenvalue weighted by Crippen LogP contribution is -2.38. The van der Waals surface area contributed by atoms with Crippen molar-refractivity contribution >= 4 is 80.8 Å². The Kier molecular flexibility index (Phi) is 9.99. The molecule has 0 spiro atoms. The lowest BCUT2D eigenvalue weighted by molar-refractivity contribution is -0.160. The van der Waals surface area contributed by atoms with Crippen LogP contribution in [0.2, 0.25) is 20.1 Å². The highest BCUT2D eigenvalue weighted by atomic mass is 35.5. The number of rotatable bonds is 6. The summed E-state index contributed by atoms with van der Waals surface area (Å²) in [7, 11) is 0. The Hall–Kier alpha value is -1.63. The van der Waals surface area contributed by atoms with Gasteiger partial charge >= 0.3 is 5.97 Å². The summed E-state index contributed by atoms with van der Waals surface area (Å²) in [6.45, 7) is 5.05. The van der Waals surface area contributed by atoms with Gasteiger partial charge in [-0.15, -0.1) is 0 Å². The summed E-state index contributed by atoms with van der Waals surface area (Å²) in [6.07, 6.45) is 1.39. The Morgan fingerprint density at radius 1 is 0.853 bits per heavy atom. The average Bonchev–Trinajstić information content (AvgIpc) is 3.52. The molecule has 0 aromatic heterocycles. The topological polar surface area (TPSA) is 77.5 Å². The Morgan fingerprint density at radius 2 is 1.32 bits per heavy atom. The number of carbonyl (C=O) groups is 4. The number of benzene rings is 2. The van der Waals surface area contributed by atoms with Gasteiger partial charge in [0.2, 0.25) is 0 Å². The molecule has 1 aliphatic rings. The first-order valence-electron chi connectivity index (χ1n) is 10.1. The van der Waals surface area contributed by atoms with Crippen LogP contribution in [0.15, 0.2) is 36.4 Å². The smallest absolute Gasteiger partial charge is 0.325 e. The van der Waals surface area contributed by atoms with E-state index in [0.29, 0.717) is 22.9 Å². The molecule has 1 unspecified atom stereocenters. The largest absolute Gasteiger partial charge is 0.459 e. The van der Waals surface area contributed by atoms with Crippen LogP contribution >= 0.6 is 58.0 Å². The molecule has 5 nitrogen and oxygen atoms in total. The van der Waals surface area contributed by atoms with Crippen LogP contribution in [-0.2, 0) is 14.3 Å². The molecule has 0 radical (unpaired) electrons. The van der Waals surface area contributed by atoms with E-state index in [4.69, 9.17) is 62.7 Å². The average molecular weight is 567 g/mol. The van der Waals surface area contributed by atoms with Crippen LogP contribution in [0.3, 0.4) is 0 Å². The normalized spacial score (nSPS) is 13.9. The van der Waals surface area contributed by atoms with Crippen molar-refractivity contribution in [1.29, 1.82) is 0 Å². The molecular formula is C24H21Cl5O5. The van der Waals surface area contributed by atoms with Crippen LogP contribution in [0.5, 0.6) is 0 Å². The predicted octanol–water partition coefficient (Wildman–Crippen LogP) is 7.49. The summed E-state index contributed by atoms with van der Waals surface area (Å²) in [4.78, 5) is 48.2. The lowest BCUT2D eigenvalue weighted by Gasteiger charge is -2.23. The highest BCUT2D eigenvalue weighted by molar-refractivity contribution is 6.68. The molecule has 0 N–H and O–H groups in total. The molecular weight excluding hydrogens is 546 g/mol. The summed E-state index contributed by atoms with van der Waals surface area (Å²) < 4.78 is 5.26. The predicted molar refractivity (Wildman–Crippen MR) is 135 cm³/mol. The minimum Gasteiger partial charge on any atom is -0.459 e. The first-order chi connectivity index (χ1) is 15.7. The van der Waals surface area contributed by atoms with Gasteiger partial charge in [-0.3, -0.25) is 19.2 Å². The van der Waals surface area contributed by atoms with Crippen molar-refractivity contribution in [2.75, 3.05) is 0 Å². The van der Waals surface area contributed by atoms with Crippen molar-refractivity contribution in [2.45, 2.75) is 39.2 Å². The Morgan fingerprint density at radius 3 is 1.71 bits per heavy atom. The zero-order valence-electron chi connectivity index (χ0n) is 18.5. The molecule has 1 saturated carbocycles. The zero-order valence-corrected chi connectivity index (χ0v) is 22.2. The third-order valence-electron chi connectivity index (χ3n) is 4.51. The fourth-order valence-corrected chi connectivity index (χ4v) is 4.02. The van der Waals surface area contributed by atoms with E-state index in [2.05, 4.69) is 0 Å². The Bertz CT molecular complexity index is 1120. The van der Waals surface area contributed by atoms with E-state index in [-0.39, 0.29) is 27.1 Å². The van der Waals surface area contributed by atoms with Crippen LogP contribution in [0.4, 0.5) is 0 Å². The standard InChI is InChI=1S/C17H18Cl2O4.C7H3Cl3O/c1-17(2,3)23-16(22)13(14(20)9-4-5-9)15(21)11-7-6-10(18)8-12(11)19;8-4-1-2-5(7(10)11)6(9)3-4/h6-9,13H,4-5H2,1-3H3;1-3H. The summed E-state index contributed by atoms with van der Waals surface area (Å²) in [5.41, 5.74) is -0.415. The molecule has 0 aliphatic heterocycles. The highest BCUT2D eigenvalue weighted by Gasteiger charge is 2.44. The van der Waals surface area contributed by atoms with Crippen molar-refractivity contribution in [3.05, 3.63) is 67.6 Å². The van der Waals surface area contributed by atoms with Gasteiger partial charge in [0.1, 0.15) is 5.60 Å². The summed E-state index contributed by atoms with van der Waals surface area (Å²) >= 11 is 28.3. The second-order valence-electron chi connectivity index (χ2n) is 8.53. The maximum absolute atomic E-state index is 12.7. The number of hydrogen-bond donors (Lipinski definition) is 0. The van der Waals surface area contributed by atoms with Crippen LogP contribution in [-0.4, -0.2) is 28.4 Å². The molecule has 182 valence electrons. The number of ketones is 2. The van der Waals surface area contributed by atoms with Gasteiger partial charge in [-0.05, 0) is 81.6 Å². The molecule has 0 amide bonds. The maximum Gasteiger partial charge on any atom is 0.325 e. The maximum atomic E-state index is 12.7. The molecule has 0 bridgehead atoms. The third kappa shape index (κ3) is 8.24. The molecule has 3 rings (SSSR count). The molecule has 10 heteroatoms. The lowest BCUT2D eigenvalue weighted by atomic mass is 9.91. The molecule has 2 aromatic rings. The number of carbonyl (C=O) groups excluding carboxylic acids is 4. The molecule has 0 heterocycles. The van der Waals surface area contributed by atoms with E-state index in [1.807, 2.05) is 0 Å². The Balaban J connectivity index is 0.000000310. The van der Waals surface area contributed by atoms with E-state index < -0.39 is 34.3 Å². The fourth-order valence-electron chi connectivity index (χ4n) is 2.81. The SMILES string of the molecule is CC(C)(C)OC(=O)C(C(=O)c1ccc(Cl)cc1Cl)C(=O)C1CC1.O=C(Cl)c1ccc(Cl)cc1Cl. The second-order valence-corrected chi connectivity index (χ2v) is 10.6. The second kappa shape index (κ2) is 11.9. The van der Waals surface area contributed by atoms with Gasteiger partial charge in [-0.25, -0.2) is 0 Å². The first-order valence-corrected chi connectivity index (χ1v) is 12.0. The number of ether oxygens (including phenoxy) is 1.